The van der Waals surface area contributed by atoms with Gasteiger partial charge in [-0.05, 0) is 20.3 Å². The number of nitrogens with zero attached hydrogens (tertiary/aromatic N) is 1. The number of aliphatic carboxylic acids is 1. The van der Waals surface area contributed by atoms with Gasteiger partial charge in [-0.3, -0.25) is 14.5 Å². The van der Waals surface area contributed by atoms with E-state index in [0.717, 1.165) is 6.42 Å². The van der Waals surface area contributed by atoms with Crippen LogP contribution < -0.4 is 5.32 Å². The van der Waals surface area contributed by atoms with E-state index >= 15 is 0 Å². The minimum atomic E-state index is -0.909. The number of carbonyl (C=O) groups excluding carboxylic acids is 1. The molecule has 0 aliphatic rings. The quantitative estimate of drug-likeness (QED) is 0.545. The van der Waals surface area contributed by atoms with Crippen molar-refractivity contribution in [3.8, 4) is 0 Å². The van der Waals surface area contributed by atoms with Crippen molar-refractivity contribution < 1.29 is 19.8 Å². The topological polar surface area (TPSA) is 89.9 Å². The molecule has 18 heavy (non-hydrogen) atoms. The molecule has 0 aliphatic heterocycles. The third-order valence-electron chi connectivity index (χ3n) is 2.55. The van der Waals surface area contributed by atoms with Crippen LogP contribution in [0.4, 0.5) is 0 Å². The van der Waals surface area contributed by atoms with E-state index in [2.05, 4.69) is 5.32 Å². The highest BCUT2D eigenvalue weighted by Gasteiger charge is 2.15. The number of hydrogen-bond acceptors (Lipinski definition) is 4. The van der Waals surface area contributed by atoms with Gasteiger partial charge < -0.3 is 15.5 Å². The fourth-order valence-electron chi connectivity index (χ4n) is 1.49. The normalized spacial score (nSPS) is 14.3. The molecule has 2 atom stereocenters. The summed E-state index contributed by atoms with van der Waals surface area (Å²) in [5.41, 5.74) is 0. The number of nitrogens with one attached hydrogen (secondary N) is 1. The van der Waals surface area contributed by atoms with Crippen molar-refractivity contribution in [3.05, 3.63) is 0 Å². The maximum Gasteiger partial charge on any atom is 0.304 e. The predicted molar refractivity (Wildman–Crippen MR) is 68.3 cm³/mol. The van der Waals surface area contributed by atoms with Gasteiger partial charge >= 0.3 is 5.97 Å². The standard InChI is InChI=1S/C12H24N2O4/c1-4-9(2)13-11(16)8-14(7-10(3)15)6-5-12(17)18/h9-10,15H,4-8H2,1-3H3,(H,13,16)(H,17,18). The van der Waals surface area contributed by atoms with Gasteiger partial charge in [0.2, 0.25) is 5.91 Å². The average Bonchev–Trinajstić information content (AvgIpc) is 2.24. The molecule has 0 aromatic carbocycles. The van der Waals surface area contributed by atoms with E-state index in [1.165, 1.54) is 0 Å². The van der Waals surface area contributed by atoms with Crippen LogP contribution in [-0.4, -0.2) is 58.8 Å². The minimum absolute atomic E-state index is 0.0384. The lowest BCUT2D eigenvalue weighted by Crippen LogP contribution is -2.43. The van der Waals surface area contributed by atoms with Crippen LogP contribution in [0, 0.1) is 0 Å². The Balaban J connectivity index is 4.21. The smallest absolute Gasteiger partial charge is 0.304 e. The van der Waals surface area contributed by atoms with E-state index < -0.39 is 12.1 Å². The lowest BCUT2D eigenvalue weighted by molar-refractivity contribution is -0.138. The molecule has 0 fully saturated rings. The van der Waals surface area contributed by atoms with Gasteiger partial charge in [0.25, 0.3) is 0 Å². The summed E-state index contributed by atoms with van der Waals surface area (Å²) < 4.78 is 0. The number of carbonyl (C=O) groups is 2. The molecular formula is C12H24N2O4. The number of rotatable bonds is 9. The first kappa shape index (κ1) is 16.9. The molecule has 0 aliphatic carbocycles. The summed E-state index contributed by atoms with van der Waals surface area (Å²) in [5.74, 6) is -1.05. The van der Waals surface area contributed by atoms with Crippen LogP contribution in [0.3, 0.4) is 0 Å². The highest BCUT2D eigenvalue weighted by atomic mass is 16.4. The van der Waals surface area contributed by atoms with Gasteiger partial charge in [-0.15, -0.1) is 0 Å². The number of hydrogen-bond donors (Lipinski definition) is 3. The molecule has 0 heterocycles. The molecule has 0 radical (unpaired) electrons. The van der Waals surface area contributed by atoms with Crippen molar-refractivity contribution in [2.24, 2.45) is 0 Å². The van der Waals surface area contributed by atoms with Crippen molar-refractivity contribution in [2.45, 2.75) is 45.8 Å². The molecule has 0 saturated carbocycles. The van der Waals surface area contributed by atoms with Crippen molar-refractivity contribution in [1.82, 2.24) is 10.2 Å². The second kappa shape index (κ2) is 8.88. The maximum absolute atomic E-state index is 11.7. The summed E-state index contributed by atoms with van der Waals surface area (Å²) in [7, 11) is 0. The Kier molecular flexibility index (Phi) is 8.32. The van der Waals surface area contributed by atoms with Crippen LogP contribution in [0.15, 0.2) is 0 Å². The Morgan fingerprint density at radius 1 is 1.33 bits per heavy atom. The molecule has 106 valence electrons. The van der Waals surface area contributed by atoms with Crippen LogP contribution in [0.1, 0.15) is 33.6 Å². The first-order chi connectivity index (χ1) is 8.35. The molecule has 3 N–H and O–H groups in total. The minimum Gasteiger partial charge on any atom is -0.481 e. The highest BCUT2D eigenvalue weighted by molar-refractivity contribution is 5.78. The van der Waals surface area contributed by atoms with Crippen molar-refractivity contribution >= 4 is 11.9 Å². The molecule has 0 rings (SSSR count). The average molecular weight is 260 g/mol. The van der Waals surface area contributed by atoms with E-state index in [0.29, 0.717) is 6.54 Å². The molecule has 2 unspecified atom stereocenters. The zero-order chi connectivity index (χ0) is 14.1. The number of aliphatic hydroxyl groups is 1. The van der Waals surface area contributed by atoms with Crippen molar-refractivity contribution in [3.63, 3.8) is 0 Å². The van der Waals surface area contributed by atoms with Crippen LogP contribution in [0.5, 0.6) is 0 Å². The monoisotopic (exact) mass is 260 g/mol. The molecule has 1 amide bonds. The van der Waals surface area contributed by atoms with Gasteiger partial charge in [0.15, 0.2) is 0 Å². The van der Waals surface area contributed by atoms with Gasteiger partial charge in [0.1, 0.15) is 0 Å². The summed E-state index contributed by atoms with van der Waals surface area (Å²) in [6.07, 6.45) is 0.218. The SMILES string of the molecule is CCC(C)NC(=O)CN(CCC(=O)O)CC(C)O. The molecule has 0 spiro atoms. The van der Waals surface area contributed by atoms with Crippen molar-refractivity contribution in [2.75, 3.05) is 19.6 Å². The lowest BCUT2D eigenvalue weighted by Gasteiger charge is -2.23. The Labute approximate surface area is 108 Å². The third-order valence-corrected chi connectivity index (χ3v) is 2.55. The zero-order valence-corrected chi connectivity index (χ0v) is 11.3. The van der Waals surface area contributed by atoms with Gasteiger partial charge in [0.05, 0.1) is 19.1 Å². The third kappa shape index (κ3) is 8.95. The Bertz CT molecular complexity index is 269. The van der Waals surface area contributed by atoms with Gasteiger partial charge in [0, 0.05) is 19.1 Å². The van der Waals surface area contributed by atoms with E-state index in [1.54, 1.807) is 11.8 Å². The van der Waals surface area contributed by atoms with Gasteiger partial charge in [-0.1, -0.05) is 6.92 Å². The van der Waals surface area contributed by atoms with E-state index in [-0.39, 0.29) is 31.5 Å². The number of carboxylic acid groups (broad SMARTS) is 1. The van der Waals surface area contributed by atoms with E-state index in [4.69, 9.17) is 5.11 Å². The molecule has 0 saturated heterocycles. The fourth-order valence-corrected chi connectivity index (χ4v) is 1.49. The summed E-state index contributed by atoms with van der Waals surface area (Å²) in [5, 5.41) is 20.7. The molecule has 6 nitrogen and oxygen atoms in total. The van der Waals surface area contributed by atoms with Crippen LogP contribution in [0.2, 0.25) is 0 Å². The summed E-state index contributed by atoms with van der Waals surface area (Å²) in [4.78, 5) is 23.8. The lowest BCUT2D eigenvalue weighted by atomic mass is 10.2. The Hall–Kier alpha value is -1.14. The summed E-state index contributed by atoms with van der Waals surface area (Å²) in [6, 6.07) is 0.102. The fraction of sp³-hybridized carbons (Fsp3) is 0.833. The molecule has 0 aromatic heterocycles. The summed E-state index contributed by atoms with van der Waals surface area (Å²) >= 11 is 0. The van der Waals surface area contributed by atoms with Crippen LogP contribution >= 0.6 is 0 Å². The number of carboxylic acids is 1. The highest BCUT2D eigenvalue weighted by Crippen LogP contribution is 1.96. The number of amides is 1. The molecule has 0 bridgehead atoms. The second-order valence-corrected chi connectivity index (χ2v) is 4.60. The molecular weight excluding hydrogens is 236 g/mol. The maximum atomic E-state index is 11.7. The Morgan fingerprint density at radius 3 is 2.39 bits per heavy atom. The van der Waals surface area contributed by atoms with Gasteiger partial charge in [-0.25, -0.2) is 0 Å². The molecule has 6 heteroatoms. The predicted octanol–water partition coefficient (Wildman–Crippen LogP) is 0.0586. The van der Waals surface area contributed by atoms with Crippen molar-refractivity contribution in [1.29, 1.82) is 0 Å². The molecule has 0 aromatic rings. The van der Waals surface area contributed by atoms with Crippen LogP contribution in [0.25, 0.3) is 0 Å². The van der Waals surface area contributed by atoms with E-state index in [9.17, 15) is 14.7 Å². The Morgan fingerprint density at radius 2 is 1.94 bits per heavy atom. The first-order valence-electron chi connectivity index (χ1n) is 6.26. The zero-order valence-electron chi connectivity index (χ0n) is 11.3. The first-order valence-corrected chi connectivity index (χ1v) is 6.26. The van der Waals surface area contributed by atoms with Crippen LogP contribution in [-0.2, 0) is 9.59 Å². The van der Waals surface area contributed by atoms with Gasteiger partial charge in [-0.2, -0.15) is 0 Å². The largest absolute Gasteiger partial charge is 0.481 e. The second-order valence-electron chi connectivity index (χ2n) is 4.60. The number of aliphatic hydroxyl groups excluding tert-OH is 1. The van der Waals surface area contributed by atoms with E-state index in [1.807, 2.05) is 13.8 Å². The summed E-state index contributed by atoms with van der Waals surface area (Å²) in [6.45, 7) is 6.16.